The highest BCUT2D eigenvalue weighted by Crippen LogP contribution is 2.12. The Balaban J connectivity index is 1.74. The molecule has 0 aliphatic rings. The van der Waals surface area contributed by atoms with E-state index in [0.717, 1.165) is 11.6 Å². The van der Waals surface area contributed by atoms with Crippen LogP contribution in [0.15, 0.2) is 48.7 Å². The first-order chi connectivity index (χ1) is 12.1. The number of ether oxygens (including phenoxy) is 1. The van der Waals surface area contributed by atoms with Crippen molar-refractivity contribution in [1.82, 2.24) is 10.3 Å². The number of amides is 1. The molecule has 0 saturated carbocycles. The van der Waals surface area contributed by atoms with Crippen LogP contribution in [0.5, 0.6) is 0 Å². The zero-order chi connectivity index (χ0) is 18.1. The molecular weight excluding hydrogens is 327 g/mol. The van der Waals surface area contributed by atoms with Crippen LogP contribution in [0.3, 0.4) is 0 Å². The van der Waals surface area contributed by atoms with Gasteiger partial charge >= 0.3 is 12.1 Å². The Morgan fingerprint density at radius 2 is 2.00 bits per heavy atom. The standard InChI is InChI=1S/C18H17FN2O4/c19-16-14(17(22)23)9-11-20-15(16)8-4-5-10-21-18(24)25-12-13-6-2-1-3-7-13/h1-4,6-9,11H,5,10,12H2,(H,21,24)(H,22,23). The van der Waals surface area contributed by atoms with Gasteiger partial charge in [-0.2, -0.15) is 0 Å². The number of nitrogens with one attached hydrogen (secondary N) is 1. The Morgan fingerprint density at radius 1 is 1.24 bits per heavy atom. The lowest BCUT2D eigenvalue weighted by atomic mass is 10.2. The van der Waals surface area contributed by atoms with Crippen LogP contribution in [-0.4, -0.2) is 28.7 Å². The molecule has 2 rings (SSSR count). The van der Waals surface area contributed by atoms with Crippen molar-refractivity contribution >= 4 is 18.1 Å². The maximum atomic E-state index is 13.8. The summed E-state index contributed by atoms with van der Waals surface area (Å²) in [6.07, 6.45) is 4.06. The van der Waals surface area contributed by atoms with E-state index in [-0.39, 0.29) is 12.3 Å². The SMILES string of the molecule is O=C(NCCC=Cc1nccc(C(=O)O)c1F)OCc1ccccc1. The lowest BCUT2D eigenvalue weighted by Gasteiger charge is -2.06. The van der Waals surface area contributed by atoms with Gasteiger partial charge in [0.15, 0.2) is 5.82 Å². The van der Waals surface area contributed by atoms with Gasteiger partial charge in [-0.3, -0.25) is 4.98 Å². The Hall–Kier alpha value is -3.22. The number of aromatic carboxylic acids is 1. The van der Waals surface area contributed by atoms with Crippen molar-refractivity contribution < 1.29 is 23.8 Å². The van der Waals surface area contributed by atoms with Crippen molar-refractivity contribution in [2.45, 2.75) is 13.0 Å². The molecule has 2 N–H and O–H groups in total. The Labute approximate surface area is 144 Å². The van der Waals surface area contributed by atoms with Crippen molar-refractivity contribution in [3.63, 3.8) is 0 Å². The first-order valence-corrected chi connectivity index (χ1v) is 7.57. The van der Waals surface area contributed by atoms with E-state index in [1.807, 2.05) is 30.3 Å². The minimum Gasteiger partial charge on any atom is -0.478 e. The largest absolute Gasteiger partial charge is 0.478 e. The smallest absolute Gasteiger partial charge is 0.407 e. The highest BCUT2D eigenvalue weighted by molar-refractivity contribution is 5.88. The normalized spacial score (nSPS) is 10.6. The summed E-state index contributed by atoms with van der Waals surface area (Å²) in [5.74, 6) is -2.24. The molecule has 0 fully saturated rings. The number of rotatable bonds is 7. The lowest BCUT2D eigenvalue weighted by Crippen LogP contribution is -2.24. The predicted octanol–water partition coefficient (Wildman–Crippen LogP) is 3.25. The second-order valence-electron chi connectivity index (χ2n) is 5.04. The summed E-state index contributed by atoms with van der Waals surface area (Å²) >= 11 is 0. The molecule has 0 saturated heterocycles. The third-order valence-corrected chi connectivity index (χ3v) is 3.22. The number of carbonyl (C=O) groups is 2. The number of aromatic nitrogens is 1. The molecule has 1 aromatic heterocycles. The molecule has 0 spiro atoms. The van der Waals surface area contributed by atoms with E-state index in [4.69, 9.17) is 9.84 Å². The first kappa shape index (κ1) is 18.1. The number of hydrogen-bond donors (Lipinski definition) is 2. The van der Waals surface area contributed by atoms with Crippen LogP contribution < -0.4 is 5.32 Å². The summed E-state index contributed by atoms with van der Waals surface area (Å²) in [4.78, 5) is 26.1. The molecule has 0 unspecified atom stereocenters. The Kier molecular flexibility index (Phi) is 6.65. The summed E-state index contributed by atoms with van der Waals surface area (Å²) in [6.45, 7) is 0.476. The fourth-order valence-corrected chi connectivity index (χ4v) is 1.97. The van der Waals surface area contributed by atoms with Crippen LogP contribution in [-0.2, 0) is 11.3 Å². The first-order valence-electron chi connectivity index (χ1n) is 7.57. The topological polar surface area (TPSA) is 88.5 Å². The third kappa shape index (κ3) is 5.72. The second-order valence-corrected chi connectivity index (χ2v) is 5.04. The van der Waals surface area contributed by atoms with E-state index < -0.39 is 23.4 Å². The highest BCUT2D eigenvalue weighted by atomic mass is 19.1. The van der Waals surface area contributed by atoms with Crippen LogP contribution in [0.25, 0.3) is 6.08 Å². The molecule has 25 heavy (non-hydrogen) atoms. The third-order valence-electron chi connectivity index (χ3n) is 3.22. The molecule has 1 heterocycles. The molecule has 130 valence electrons. The van der Waals surface area contributed by atoms with Gasteiger partial charge in [-0.1, -0.05) is 36.4 Å². The van der Waals surface area contributed by atoms with Gasteiger partial charge in [-0.25, -0.2) is 14.0 Å². The van der Waals surface area contributed by atoms with Gasteiger partial charge in [-0.15, -0.1) is 0 Å². The maximum Gasteiger partial charge on any atom is 0.407 e. The van der Waals surface area contributed by atoms with Crippen LogP contribution >= 0.6 is 0 Å². The van der Waals surface area contributed by atoms with Gasteiger partial charge in [0.25, 0.3) is 0 Å². The van der Waals surface area contributed by atoms with E-state index in [9.17, 15) is 14.0 Å². The van der Waals surface area contributed by atoms with E-state index in [0.29, 0.717) is 13.0 Å². The summed E-state index contributed by atoms with van der Waals surface area (Å²) in [5.41, 5.74) is 0.390. The van der Waals surface area contributed by atoms with Gasteiger partial charge < -0.3 is 15.2 Å². The quantitative estimate of drug-likeness (QED) is 0.753. The molecule has 1 amide bonds. The average Bonchev–Trinajstić information content (AvgIpc) is 2.61. The van der Waals surface area contributed by atoms with Gasteiger partial charge in [-0.05, 0) is 24.1 Å². The predicted molar refractivity (Wildman–Crippen MR) is 89.4 cm³/mol. The minimum atomic E-state index is -1.35. The van der Waals surface area contributed by atoms with Crippen LogP contribution in [0.1, 0.15) is 28.0 Å². The molecule has 0 radical (unpaired) electrons. The number of benzene rings is 1. The number of nitrogens with zero attached hydrogens (tertiary/aromatic N) is 1. The summed E-state index contributed by atoms with van der Waals surface area (Å²) < 4.78 is 18.9. The highest BCUT2D eigenvalue weighted by Gasteiger charge is 2.12. The number of halogens is 1. The molecule has 7 heteroatoms. The summed E-state index contributed by atoms with van der Waals surface area (Å²) in [6, 6.07) is 10.4. The van der Waals surface area contributed by atoms with Crippen molar-refractivity contribution in [2.24, 2.45) is 0 Å². The average molecular weight is 344 g/mol. The van der Waals surface area contributed by atoms with Crippen LogP contribution in [0.4, 0.5) is 9.18 Å². The lowest BCUT2D eigenvalue weighted by molar-refractivity contribution is 0.0691. The number of carboxylic acid groups (broad SMARTS) is 1. The number of alkyl carbamates (subject to hydrolysis) is 1. The number of pyridine rings is 1. The minimum absolute atomic E-state index is 0.0634. The number of hydrogen-bond acceptors (Lipinski definition) is 4. The molecular formula is C18H17FN2O4. The zero-order valence-corrected chi connectivity index (χ0v) is 13.3. The summed E-state index contributed by atoms with van der Waals surface area (Å²) in [7, 11) is 0. The molecule has 0 atom stereocenters. The fourth-order valence-electron chi connectivity index (χ4n) is 1.97. The van der Waals surface area contributed by atoms with Crippen molar-refractivity contribution in [1.29, 1.82) is 0 Å². The van der Waals surface area contributed by atoms with E-state index in [2.05, 4.69) is 10.3 Å². The molecule has 1 aromatic carbocycles. The molecule has 2 aromatic rings. The van der Waals surface area contributed by atoms with Crippen LogP contribution in [0.2, 0.25) is 0 Å². The second kappa shape index (κ2) is 9.17. The van der Waals surface area contributed by atoms with E-state index >= 15 is 0 Å². The maximum absolute atomic E-state index is 13.8. The van der Waals surface area contributed by atoms with Gasteiger partial charge in [0.05, 0.1) is 11.3 Å². The molecule has 0 aliphatic heterocycles. The van der Waals surface area contributed by atoms with Crippen molar-refractivity contribution in [2.75, 3.05) is 6.54 Å². The number of carboxylic acids is 1. The van der Waals surface area contributed by atoms with Crippen molar-refractivity contribution in [3.8, 4) is 0 Å². The van der Waals surface area contributed by atoms with Gasteiger partial charge in [0, 0.05) is 12.7 Å². The van der Waals surface area contributed by atoms with E-state index in [1.165, 1.54) is 12.3 Å². The Morgan fingerprint density at radius 3 is 2.72 bits per heavy atom. The van der Waals surface area contributed by atoms with E-state index in [1.54, 1.807) is 6.08 Å². The molecule has 0 aliphatic carbocycles. The zero-order valence-electron chi connectivity index (χ0n) is 13.3. The fraction of sp³-hybridized carbons (Fsp3) is 0.167. The molecule has 6 nitrogen and oxygen atoms in total. The van der Waals surface area contributed by atoms with Gasteiger partial charge in [0.1, 0.15) is 6.61 Å². The van der Waals surface area contributed by atoms with Crippen molar-refractivity contribution in [3.05, 3.63) is 71.3 Å². The summed E-state index contributed by atoms with van der Waals surface area (Å²) in [5, 5.41) is 11.4. The Bertz CT molecular complexity index is 763. The van der Waals surface area contributed by atoms with Crippen LogP contribution in [0, 0.1) is 5.82 Å². The monoisotopic (exact) mass is 344 g/mol. The number of carbonyl (C=O) groups excluding carboxylic acids is 1. The molecule has 0 bridgehead atoms. The van der Waals surface area contributed by atoms with Gasteiger partial charge in [0.2, 0.25) is 0 Å².